The molecule has 4 rings (SSSR count). The average Bonchev–Trinajstić information content (AvgIpc) is 3.22. The Labute approximate surface area is 185 Å². The third kappa shape index (κ3) is 4.53. The Balaban J connectivity index is 1.53. The number of hydrogen-bond donors (Lipinski definition) is 3. The molecule has 0 saturated carbocycles. The quantitative estimate of drug-likeness (QED) is 0.437. The first-order valence-electron chi connectivity index (χ1n) is 10.3. The molecular formula is C25H24N4O3. The van der Waals surface area contributed by atoms with E-state index in [4.69, 9.17) is 0 Å². The number of aryl methyl sites for hydroxylation is 1. The van der Waals surface area contributed by atoms with Crippen molar-refractivity contribution in [3.05, 3.63) is 84.4 Å². The van der Waals surface area contributed by atoms with Gasteiger partial charge in [0.25, 0.3) is 5.91 Å². The van der Waals surface area contributed by atoms with Crippen LogP contribution < -0.4 is 10.6 Å². The predicted octanol–water partition coefficient (Wildman–Crippen LogP) is 3.66. The Morgan fingerprint density at radius 2 is 1.88 bits per heavy atom. The molecule has 0 radical (unpaired) electrons. The molecule has 0 fully saturated rings. The van der Waals surface area contributed by atoms with Gasteiger partial charge in [0, 0.05) is 37.6 Å². The van der Waals surface area contributed by atoms with Crippen molar-refractivity contribution in [2.24, 2.45) is 7.05 Å². The molecule has 0 aliphatic carbocycles. The van der Waals surface area contributed by atoms with Gasteiger partial charge in [-0.3, -0.25) is 9.59 Å². The zero-order valence-electron chi connectivity index (χ0n) is 17.9. The van der Waals surface area contributed by atoms with Crippen LogP contribution in [0.5, 0.6) is 0 Å². The molecule has 1 heterocycles. The second-order valence-electron chi connectivity index (χ2n) is 7.62. The van der Waals surface area contributed by atoms with Gasteiger partial charge in [-0.25, -0.2) is 4.98 Å². The van der Waals surface area contributed by atoms with Gasteiger partial charge < -0.3 is 20.3 Å². The third-order valence-electron chi connectivity index (χ3n) is 5.27. The smallest absolute Gasteiger partial charge is 0.251 e. The summed E-state index contributed by atoms with van der Waals surface area (Å²) < 4.78 is 1.72. The highest BCUT2D eigenvalue weighted by atomic mass is 16.3. The van der Waals surface area contributed by atoms with E-state index in [-0.39, 0.29) is 18.4 Å². The fraction of sp³-hybridized carbons (Fsp3) is 0.160. The Kier molecular flexibility index (Phi) is 6.00. The van der Waals surface area contributed by atoms with Crippen LogP contribution in [0.15, 0.2) is 73.1 Å². The second-order valence-corrected chi connectivity index (χ2v) is 7.62. The Morgan fingerprint density at radius 1 is 1.09 bits per heavy atom. The molecule has 1 unspecified atom stereocenters. The number of rotatable bonds is 6. The number of fused-ring (bicyclic) bond motifs is 1. The van der Waals surface area contributed by atoms with Crippen molar-refractivity contribution in [3.8, 4) is 11.1 Å². The lowest BCUT2D eigenvalue weighted by molar-refractivity contribution is -0.114. The lowest BCUT2D eigenvalue weighted by Crippen LogP contribution is -2.29. The number of nitrogens with zero attached hydrogens (tertiary/aromatic N) is 2. The topological polar surface area (TPSA) is 96.2 Å². The average molecular weight is 428 g/mol. The van der Waals surface area contributed by atoms with Crippen molar-refractivity contribution in [1.29, 1.82) is 0 Å². The maximum absolute atomic E-state index is 12.6. The van der Waals surface area contributed by atoms with Crippen LogP contribution in [-0.2, 0) is 11.8 Å². The summed E-state index contributed by atoms with van der Waals surface area (Å²) in [6.07, 6.45) is 2.47. The molecule has 7 heteroatoms. The molecule has 3 N–H and O–H groups in total. The van der Waals surface area contributed by atoms with Gasteiger partial charge >= 0.3 is 0 Å². The number of carbonyl (C=O) groups is 2. The van der Waals surface area contributed by atoms with Gasteiger partial charge in [-0.05, 0) is 46.2 Å². The van der Waals surface area contributed by atoms with Crippen LogP contribution in [0, 0.1) is 0 Å². The van der Waals surface area contributed by atoms with Gasteiger partial charge in [0.2, 0.25) is 5.91 Å². The first-order valence-corrected chi connectivity index (χ1v) is 10.3. The summed E-state index contributed by atoms with van der Waals surface area (Å²) in [6.45, 7) is 1.55. The van der Waals surface area contributed by atoms with E-state index in [9.17, 15) is 14.7 Å². The molecule has 3 aromatic carbocycles. The fourth-order valence-electron chi connectivity index (χ4n) is 3.69. The van der Waals surface area contributed by atoms with Crippen LogP contribution in [-0.4, -0.2) is 33.0 Å². The molecule has 162 valence electrons. The summed E-state index contributed by atoms with van der Waals surface area (Å²) in [5, 5.41) is 17.8. The third-order valence-corrected chi connectivity index (χ3v) is 5.27. The van der Waals surface area contributed by atoms with Crippen LogP contribution >= 0.6 is 0 Å². The summed E-state index contributed by atoms with van der Waals surface area (Å²) in [4.78, 5) is 28.0. The lowest BCUT2D eigenvalue weighted by atomic mass is 9.96. The van der Waals surface area contributed by atoms with Crippen LogP contribution in [0.3, 0.4) is 0 Å². The number of aliphatic hydroxyl groups is 1. The number of nitrogens with one attached hydrogen (secondary N) is 2. The van der Waals surface area contributed by atoms with E-state index in [1.807, 2.05) is 54.6 Å². The van der Waals surface area contributed by atoms with Crippen LogP contribution in [0.1, 0.15) is 29.2 Å². The molecule has 1 atom stereocenters. The zero-order chi connectivity index (χ0) is 22.7. The molecule has 0 bridgehead atoms. The number of hydrogen-bond acceptors (Lipinski definition) is 4. The molecule has 0 saturated heterocycles. The van der Waals surface area contributed by atoms with Crippen molar-refractivity contribution < 1.29 is 14.7 Å². The lowest BCUT2D eigenvalue weighted by Gasteiger charge is -2.13. The number of aliphatic hydroxyl groups excluding tert-OH is 1. The second kappa shape index (κ2) is 9.03. The number of benzene rings is 3. The molecule has 0 aliphatic rings. The fourth-order valence-corrected chi connectivity index (χ4v) is 3.69. The first-order chi connectivity index (χ1) is 15.4. The number of aromatic nitrogens is 2. The standard InChI is InChI=1S/C25H24N4O3/c1-16(30)28-20-9-6-17(7-10-20)21-5-3-4-18-14-19(8-11-22(18)21)25(32)27-15-23(31)24-26-12-13-29(24)2/h3-14,23,31H,15H2,1-2H3,(H,27,32)(H,28,30). The van der Waals surface area contributed by atoms with Crippen molar-refractivity contribution in [3.63, 3.8) is 0 Å². The molecule has 7 nitrogen and oxygen atoms in total. The van der Waals surface area contributed by atoms with Gasteiger partial charge in [0.15, 0.2) is 0 Å². The van der Waals surface area contributed by atoms with E-state index in [0.29, 0.717) is 11.4 Å². The monoisotopic (exact) mass is 428 g/mol. The van der Waals surface area contributed by atoms with Crippen molar-refractivity contribution in [1.82, 2.24) is 14.9 Å². The largest absolute Gasteiger partial charge is 0.383 e. The molecule has 4 aromatic rings. The van der Waals surface area contributed by atoms with E-state index in [1.54, 1.807) is 30.1 Å². The van der Waals surface area contributed by atoms with Crippen molar-refractivity contribution in [2.45, 2.75) is 13.0 Å². The van der Waals surface area contributed by atoms with Gasteiger partial charge in [-0.2, -0.15) is 0 Å². The summed E-state index contributed by atoms with van der Waals surface area (Å²) in [6, 6.07) is 19.1. The Hall–Kier alpha value is -3.97. The van der Waals surface area contributed by atoms with Crippen molar-refractivity contribution >= 4 is 28.3 Å². The number of imidazole rings is 1. The van der Waals surface area contributed by atoms with E-state index in [2.05, 4.69) is 15.6 Å². The summed E-state index contributed by atoms with van der Waals surface area (Å²) in [5.41, 5.74) is 3.31. The van der Waals surface area contributed by atoms with E-state index in [1.165, 1.54) is 6.92 Å². The van der Waals surface area contributed by atoms with Crippen LogP contribution in [0.25, 0.3) is 21.9 Å². The first kappa shape index (κ1) is 21.3. The molecule has 32 heavy (non-hydrogen) atoms. The van der Waals surface area contributed by atoms with Gasteiger partial charge in [-0.1, -0.05) is 36.4 Å². The van der Waals surface area contributed by atoms with E-state index >= 15 is 0 Å². The maximum atomic E-state index is 12.6. The minimum Gasteiger partial charge on any atom is -0.383 e. The molecule has 1 aromatic heterocycles. The van der Waals surface area contributed by atoms with Gasteiger partial charge in [-0.15, -0.1) is 0 Å². The molecular weight excluding hydrogens is 404 g/mol. The minimum absolute atomic E-state index is 0.0718. The zero-order valence-corrected chi connectivity index (χ0v) is 17.9. The van der Waals surface area contributed by atoms with E-state index < -0.39 is 6.10 Å². The van der Waals surface area contributed by atoms with Crippen molar-refractivity contribution in [2.75, 3.05) is 11.9 Å². The highest BCUT2D eigenvalue weighted by Crippen LogP contribution is 2.30. The number of anilines is 1. The molecule has 2 amide bonds. The Bertz CT molecular complexity index is 1280. The summed E-state index contributed by atoms with van der Waals surface area (Å²) >= 11 is 0. The maximum Gasteiger partial charge on any atom is 0.251 e. The SMILES string of the molecule is CC(=O)Nc1ccc(-c2cccc3cc(C(=O)NCC(O)c4nccn4C)ccc23)cc1. The minimum atomic E-state index is -0.883. The number of amides is 2. The summed E-state index contributed by atoms with van der Waals surface area (Å²) in [7, 11) is 1.79. The van der Waals surface area contributed by atoms with Crippen LogP contribution in [0.4, 0.5) is 5.69 Å². The van der Waals surface area contributed by atoms with Gasteiger partial charge in [0.05, 0.1) is 6.54 Å². The summed E-state index contributed by atoms with van der Waals surface area (Å²) in [5.74, 6) is 0.129. The number of carbonyl (C=O) groups excluding carboxylic acids is 2. The highest BCUT2D eigenvalue weighted by Gasteiger charge is 2.15. The van der Waals surface area contributed by atoms with Gasteiger partial charge in [0.1, 0.15) is 11.9 Å². The van der Waals surface area contributed by atoms with E-state index in [0.717, 1.165) is 27.6 Å². The normalized spacial score (nSPS) is 11.8. The highest BCUT2D eigenvalue weighted by molar-refractivity contribution is 6.02. The molecule has 0 aliphatic heterocycles. The molecule has 0 spiro atoms. The van der Waals surface area contributed by atoms with Crippen LogP contribution in [0.2, 0.25) is 0 Å². The predicted molar refractivity (Wildman–Crippen MR) is 124 cm³/mol. The Morgan fingerprint density at radius 3 is 2.56 bits per heavy atom.